The highest BCUT2D eigenvalue weighted by molar-refractivity contribution is 6.31. The molecular formula is C19H22ClFN2O3. The van der Waals surface area contributed by atoms with Crippen molar-refractivity contribution >= 4 is 28.9 Å². The van der Waals surface area contributed by atoms with Crippen LogP contribution in [0.2, 0.25) is 5.02 Å². The Kier molecular flexibility index (Phi) is 6.69. The lowest BCUT2D eigenvalue weighted by Crippen LogP contribution is -2.32. The molecule has 1 atom stereocenters. The molecule has 0 heterocycles. The molecule has 0 saturated heterocycles. The Morgan fingerprint density at radius 1 is 1.23 bits per heavy atom. The topological polar surface area (TPSA) is 59.6 Å². The minimum absolute atomic E-state index is 0.281. The smallest absolute Gasteiger partial charge is 0.246 e. The molecule has 2 N–H and O–H groups in total. The molecule has 2 aromatic rings. The van der Waals surface area contributed by atoms with Gasteiger partial charge in [-0.3, -0.25) is 4.79 Å². The summed E-state index contributed by atoms with van der Waals surface area (Å²) in [4.78, 5) is 12.5. The average molecular weight is 381 g/mol. The molecule has 0 aliphatic carbocycles. The maximum absolute atomic E-state index is 13.4. The zero-order chi connectivity index (χ0) is 19.3. The first-order valence-electron chi connectivity index (χ1n) is 8.19. The summed E-state index contributed by atoms with van der Waals surface area (Å²) in [6.45, 7) is 5.73. The van der Waals surface area contributed by atoms with E-state index < -0.39 is 11.9 Å². The Morgan fingerprint density at radius 2 is 1.96 bits per heavy atom. The number of amides is 1. The minimum atomic E-state index is -0.597. The van der Waals surface area contributed by atoms with Crippen LogP contribution in [0.15, 0.2) is 30.3 Å². The Balaban J connectivity index is 2.15. The number of carbonyl (C=O) groups excluding carboxylic acids is 1. The van der Waals surface area contributed by atoms with Crippen LogP contribution < -0.4 is 20.1 Å². The number of anilines is 2. The van der Waals surface area contributed by atoms with Crippen molar-refractivity contribution in [3.8, 4) is 11.5 Å². The number of ether oxygens (including phenoxy) is 2. The number of rotatable bonds is 7. The van der Waals surface area contributed by atoms with E-state index in [0.717, 1.165) is 5.56 Å². The summed E-state index contributed by atoms with van der Waals surface area (Å²) >= 11 is 6.08. The highest BCUT2D eigenvalue weighted by Crippen LogP contribution is 2.31. The lowest BCUT2D eigenvalue weighted by molar-refractivity contribution is -0.116. The minimum Gasteiger partial charge on any atom is -0.495 e. The SMILES string of the molecule is CCOc1cc(F)ccc1NC(C)C(=O)Nc1cc(C)c(Cl)cc1OC. The van der Waals surface area contributed by atoms with E-state index in [9.17, 15) is 9.18 Å². The van der Waals surface area contributed by atoms with Crippen LogP contribution in [0.25, 0.3) is 0 Å². The molecule has 140 valence electrons. The van der Waals surface area contributed by atoms with Crippen LogP contribution in [0.4, 0.5) is 15.8 Å². The van der Waals surface area contributed by atoms with Gasteiger partial charge in [-0.15, -0.1) is 0 Å². The summed E-state index contributed by atoms with van der Waals surface area (Å²) in [5, 5.41) is 6.40. The monoisotopic (exact) mass is 380 g/mol. The molecule has 0 radical (unpaired) electrons. The van der Waals surface area contributed by atoms with Crippen molar-refractivity contribution in [1.82, 2.24) is 0 Å². The molecule has 0 aliphatic heterocycles. The summed E-state index contributed by atoms with van der Waals surface area (Å²) in [5.74, 6) is 0.138. The molecule has 0 aliphatic rings. The molecule has 0 spiro atoms. The normalized spacial score (nSPS) is 11.6. The summed E-state index contributed by atoms with van der Waals surface area (Å²) in [5.41, 5.74) is 1.88. The van der Waals surface area contributed by atoms with Crippen LogP contribution in [-0.2, 0) is 4.79 Å². The van der Waals surface area contributed by atoms with Crippen LogP contribution in [0.1, 0.15) is 19.4 Å². The van der Waals surface area contributed by atoms with E-state index in [4.69, 9.17) is 21.1 Å². The zero-order valence-corrected chi connectivity index (χ0v) is 15.9. The van der Waals surface area contributed by atoms with Crippen LogP contribution in [0, 0.1) is 12.7 Å². The van der Waals surface area contributed by atoms with Gasteiger partial charge in [0.2, 0.25) is 5.91 Å². The largest absolute Gasteiger partial charge is 0.495 e. The lowest BCUT2D eigenvalue weighted by atomic mass is 10.2. The van der Waals surface area contributed by atoms with Gasteiger partial charge in [0.1, 0.15) is 23.4 Å². The Bertz CT molecular complexity index is 799. The van der Waals surface area contributed by atoms with E-state index in [1.54, 1.807) is 26.0 Å². The van der Waals surface area contributed by atoms with Gasteiger partial charge >= 0.3 is 0 Å². The molecule has 1 amide bonds. The second-order valence-corrected chi connectivity index (χ2v) is 6.14. The van der Waals surface area contributed by atoms with Crippen molar-refractivity contribution in [3.05, 3.63) is 46.7 Å². The number of nitrogens with one attached hydrogen (secondary N) is 2. The highest BCUT2D eigenvalue weighted by atomic mass is 35.5. The van der Waals surface area contributed by atoms with E-state index in [1.807, 2.05) is 6.92 Å². The van der Waals surface area contributed by atoms with Gasteiger partial charge in [0.05, 0.1) is 25.1 Å². The van der Waals surface area contributed by atoms with Crippen molar-refractivity contribution in [3.63, 3.8) is 0 Å². The Morgan fingerprint density at radius 3 is 2.62 bits per heavy atom. The van der Waals surface area contributed by atoms with Crippen molar-refractivity contribution < 1.29 is 18.7 Å². The van der Waals surface area contributed by atoms with Crippen molar-refractivity contribution in [2.24, 2.45) is 0 Å². The molecule has 0 bridgehead atoms. The van der Waals surface area contributed by atoms with Gasteiger partial charge in [-0.25, -0.2) is 4.39 Å². The number of benzene rings is 2. The molecule has 7 heteroatoms. The summed E-state index contributed by atoms with van der Waals surface area (Å²) < 4.78 is 24.1. The molecule has 26 heavy (non-hydrogen) atoms. The zero-order valence-electron chi connectivity index (χ0n) is 15.2. The predicted molar refractivity (Wildman–Crippen MR) is 102 cm³/mol. The van der Waals surface area contributed by atoms with E-state index in [2.05, 4.69) is 10.6 Å². The van der Waals surface area contributed by atoms with Gasteiger partial charge in [0.25, 0.3) is 0 Å². The quantitative estimate of drug-likeness (QED) is 0.735. The second-order valence-electron chi connectivity index (χ2n) is 5.73. The van der Waals surface area contributed by atoms with Gasteiger partial charge in [-0.1, -0.05) is 11.6 Å². The number of halogens is 2. The van der Waals surface area contributed by atoms with Crippen molar-refractivity contribution in [2.45, 2.75) is 26.8 Å². The van der Waals surface area contributed by atoms with E-state index in [0.29, 0.717) is 34.5 Å². The van der Waals surface area contributed by atoms with Crippen molar-refractivity contribution in [1.29, 1.82) is 0 Å². The van der Waals surface area contributed by atoms with Crippen LogP contribution in [0.5, 0.6) is 11.5 Å². The van der Waals surface area contributed by atoms with Gasteiger partial charge in [-0.2, -0.15) is 0 Å². The van der Waals surface area contributed by atoms with Gasteiger partial charge in [0.15, 0.2) is 0 Å². The van der Waals surface area contributed by atoms with Gasteiger partial charge in [0, 0.05) is 17.2 Å². The Hall–Kier alpha value is -2.47. The highest BCUT2D eigenvalue weighted by Gasteiger charge is 2.18. The third-order valence-electron chi connectivity index (χ3n) is 3.75. The molecule has 1 unspecified atom stereocenters. The molecule has 0 aromatic heterocycles. The Labute approximate surface area is 157 Å². The number of hydrogen-bond acceptors (Lipinski definition) is 4. The first-order chi connectivity index (χ1) is 12.3. The molecule has 2 rings (SSSR count). The third-order valence-corrected chi connectivity index (χ3v) is 4.15. The van der Waals surface area contributed by atoms with E-state index in [1.165, 1.54) is 25.3 Å². The van der Waals surface area contributed by atoms with Crippen LogP contribution >= 0.6 is 11.6 Å². The maximum Gasteiger partial charge on any atom is 0.246 e. The van der Waals surface area contributed by atoms with Crippen LogP contribution in [-0.4, -0.2) is 25.7 Å². The standard InChI is InChI=1S/C19H22ClFN2O3/c1-5-26-18-9-13(21)6-7-15(18)22-12(3)19(24)23-16-8-11(2)14(20)10-17(16)25-4/h6-10,12,22H,5H2,1-4H3,(H,23,24). The van der Waals surface area contributed by atoms with Crippen LogP contribution in [0.3, 0.4) is 0 Å². The summed E-state index contributed by atoms with van der Waals surface area (Å²) in [6.07, 6.45) is 0. The number of aryl methyl sites for hydroxylation is 1. The fourth-order valence-corrected chi connectivity index (χ4v) is 2.51. The number of hydrogen-bond donors (Lipinski definition) is 2. The fourth-order valence-electron chi connectivity index (χ4n) is 2.36. The summed E-state index contributed by atoms with van der Waals surface area (Å²) in [6, 6.07) is 6.92. The van der Waals surface area contributed by atoms with E-state index >= 15 is 0 Å². The molecular weight excluding hydrogens is 359 g/mol. The molecule has 0 saturated carbocycles. The molecule has 2 aromatic carbocycles. The maximum atomic E-state index is 13.4. The number of methoxy groups -OCH3 is 1. The van der Waals surface area contributed by atoms with E-state index in [-0.39, 0.29) is 5.91 Å². The lowest BCUT2D eigenvalue weighted by Gasteiger charge is -2.19. The molecule has 0 fully saturated rings. The average Bonchev–Trinajstić information content (AvgIpc) is 2.60. The van der Waals surface area contributed by atoms with Crippen molar-refractivity contribution in [2.75, 3.05) is 24.4 Å². The first kappa shape index (κ1) is 19.8. The van der Waals surface area contributed by atoms with Gasteiger partial charge < -0.3 is 20.1 Å². The fraction of sp³-hybridized carbons (Fsp3) is 0.316. The third kappa shape index (κ3) is 4.79. The van der Waals surface area contributed by atoms with Gasteiger partial charge in [-0.05, 0) is 44.5 Å². The molecule has 5 nitrogen and oxygen atoms in total. The first-order valence-corrected chi connectivity index (χ1v) is 8.57. The predicted octanol–water partition coefficient (Wildman–Crippen LogP) is 4.63. The number of carbonyl (C=O) groups is 1. The second kappa shape index (κ2) is 8.76. The summed E-state index contributed by atoms with van der Waals surface area (Å²) in [7, 11) is 1.51.